The lowest BCUT2D eigenvalue weighted by molar-refractivity contribution is 0.568. The van der Waals surface area contributed by atoms with Crippen molar-refractivity contribution >= 4 is 43.6 Å². The molecule has 0 unspecified atom stereocenters. The molecule has 406 valence electrons. The van der Waals surface area contributed by atoms with Gasteiger partial charge in [-0.05, 0) is 183 Å². The molecule has 0 bridgehead atoms. The van der Waals surface area contributed by atoms with Gasteiger partial charge in [0.25, 0.3) is 0 Å². The van der Waals surface area contributed by atoms with E-state index in [1.54, 1.807) is 0 Å². The average molecular weight is 1050 g/mol. The van der Waals surface area contributed by atoms with E-state index in [1.807, 2.05) is 0 Å². The number of rotatable bonds is 6. The molecule has 80 heavy (non-hydrogen) atoms. The molecule has 0 N–H and O–H groups in total. The third-order valence-corrected chi connectivity index (χ3v) is 17.1. The van der Waals surface area contributed by atoms with Crippen LogP contribution in [0.4, 0.5) is 0 Å². The van der Waals surface area contributed by atoms with Crippen molar-refractivity contribution in [1.29, 1.82) is 0 Å². The van der Waals surface area contributed by atoms with Crippen LogP contribution in [0.3, 0.4) is 0 Å². The van der Waals surface area contributed by atoms with E-state index >= 15 is 0 Å². The molecule has 2 heterocycles. The average Bonchev–Trinajstić information content (AvgIpc) is 4.11. The van der Waals surface area contributed by atoms with Crippen LogP contribution < -0.4 is 0 Å². The number of hydrogen-bond donors (Lipinski definition) is 0. The summed E-state index contributed by atoms with van der Waals surface area (Å²) < 4.78 is 4.91. The molecule has 0 atom stereocenters. The van der Waals surface area contributed by atoms with Crippen molar-refractivity contribution in [3.63, 3.8) is 0 Å². The van der Waals surface area contributed by atoms with Gasteiger partial charge in [0, 0.05) is 32.9 Å². The maximum Gasteiger partial charge on any atom is 0.0541 e. The summed E-state index contributed by atoms with van der Waals surface area (Å²) in [4.78, 5) is 0. The molecule has 2 aromatic heterocycles. The fourth-order valence-corrected chi connectivity index (χ4v) is 11.9. The molecule has 11 aromatic rings. The molecule has 2 nitrogen and oxygen atoms in total. The van der Waals surface area contributed by atoms with Gasteiger partial charge in [0.1, 0.15) is 0 Å². The molecule has 0 radical (unpaired) electrons. The Morgan fingerprint density at radius 2 is 0.487 bits per heavy atom. The highest BCUT2D eigenvalue weighted by molar-refractivity contribution is 6.11. The molecule has 0 fully saturated rings. The Bertz CT molecular complexity index is 3840. The summed E-state index contributed by atoms with van der Waals surface area (Å²) in [5, 5.41) is 5.13. The molecule has 11 rings (SSSR count). The summed E-state index contributed by atoms with van der Waals surface area (Å²) >= 11 is 0. The van der Waals surface area contributed by atoms with Crippen molar-refractivity contribution in [2.24, 2.45) is 0 Å². The minimum absolute atomic E-state index is 0.0431. The highest BCUT2D eigenvalue weighted by atomic mass is 15.0. The topological polar surface area (TPSA) is 9.86 Å². The zero-order valence-electron chi connectivity index (χ0n) is 51.2. The summed E-state index contributed by atoms with van der Waals surface area (Å²) in [6.07, 6.45) is 0. The van der Waals surface area contributed by atoms with Gasteiger partial charge in [0.05, 0.1) is 22.1 Å². The highest BCUT2D eigenvalue weighted by Gasteiger charge is 2.27. The van der Waals surface area contributed by atoms with E-state index in [0.717, 1.165) is 11.4 Å². The maximum atomic E-state index is 2.54. The second-order valence-electron chi connectivity index (χ2n) is 29.3. The van der Waals surface area contributed by atoms with Crippen molar-refractivity contribution in [1.82, 2.24) is 9.13 Å². The Kier molecular flexibility index (Phi) is 13.0. The minimum Gasteiger partial charge on any atom is -0.309 e. The SMILES string of the molecule is CC(C)(C)c1cc(-c2cc(-c3ccc(-n4c5ccccc5c5cc(C(C)(C)C)ccc54)cc3)c(-c3cc(C(C)(C)C)cc(C(C)(C)C)c3)cc2-c2ccc(-n3c4ccccc4c4cc(C(C)(C)C)ccc43)cc2)cc(C(C)(C)C)c1. The smallest absolute Gasteiger partial charge is 0.0541 e. The van der Waals surface area contributed by atoms with Gasteiger partial charge >= 0.3 is 0 Å². The van der Waals surface area contributed by atoms with E-state index in [2.05, 4.69) is 316 Å². The number of benzene rings is 9. The molecule has 0 saturated heterocycles. The van der Waals surface area contributed by atoms with Crippen LogP contribution in [0.1, 0.15) is 158 Å². The largest absolute Gasteiger partial charge is 0.309 e. The number of nitrogens with zero attached hydrogens (tertiary/aromatic N) is 2. The first-order chi connectivity index (χ1) is 37.4. The van der Waals surface area contributed by atoms with E-state index in [-0.39, 0.29) is 32.5 Å². The van der Waals surface area contributed by atoms with Crippen LogP contribution in [0.2, 0.25) is 0 Å². The lowest BCUT2D eigenvalue weighted by atomic mass is 9.76. The Labute approximate surface area is 478 Å². The first kappa shape index (κ1) is 54.5. The molecular weight excluding hydrogens is 965 g/mol. The lowest BCUT2D eigenvalue weighted by Crippen LogP contribution is -2.16. The van der Waals surface area contributed by atoms with Crippen molar-refractivity contribution in [3.8, 4) is 55.9 Å². The number of hydrogen-bond acceptors (Lipinski definition) is 0. The lowest BCUT2D eigenvalue weighted by Gasteiger charge is -2.28. The van der Waals surface area contributed by atoms with Crippen LogP contribution in [-0.2, 0) is 32.5 Å². The molecule has 0 aliphatic carbocycles. The van der Waals surface area contributed by atoms with Crippen LogP contribution in [0.25, 0.3) is 99.5 Å². The molecule has 0 aliphatic rings. The fraction of sp³-hybridized carbons (Fsp3) is 0.308. The van der Waals surface area contributed by atoms with E-state index < -0.39 is 0 Å². The van der Waals surface area contributed by atoms with Crippen LogP contribution in [-0.4, -0.2) is 9.13 Å². The van der Waals surface area contributed by atoms with Gasteiger partial charge in [-0.25, -0.2) is 0 Å². The predicted molar refractivity (Wildman–Crippen MR) is 349 cm³/mol. The van der Waals surface area contributed by atoms with Crippen LogP contribution in [0.15, 0.2) is 182 Å². The molecular formula is C78H84N2. The van der Waals surface area contributed by atoms with Gasteiger partial charge in [0.2, 0.25) is 0 Å². The Hall–Kier alpha value is -7.42. The zero-order valence-corrected chi connectivity index (χ0v) is 51.2. The van der Waals surface area contributed by atoms with Gasteiger partial charge in [-0.1, -0.05) is 234 Å². The molecule has 0 spiro atoms. The van der Waals surface area contributed by atoms with E-state index in [0.29, 0.717) is 0 Å². The van der Waals surface area contributed by atoms with Crippen LogP contribution >= 0.6 is 0 Å². The van der Waals surface area contributed by atoms with Crippen LogP contribution in [0.5, 0.6) is 0 Å². The predicted octanol–water partition coefficient (Wildman–Crippen LogP) is 22.3. The second-order valence-corrected chi connectivity index (χ2v) is 29.3. The van der Waals surface area contributed by atoms with Crippen molar-refractivity contribution in [2.75, 3.05) is 0 Å². The summed E-state index contributed by atoms with van der Waals surface area (Å²) in [7, 11) is 0. The number of fused-ring (bicyclic) bond motifs is 6. The third-order valence-electron chi connectivity index (χ3n) is 17.1. The normalized spacial score (nSPS) is 13.1. The monoisotopic (exact) mass is 1050 g/mol. The summed E-state index contributed by atoms with van der Waals surface area (Å²) in [6.45, 7) is 42.0. The maximum absolute atomic E-state index is 2.54. The van der Waals surface area contributed by atoms with Gasteiger partial charge in [0.15, 0.2) is 0 Å². The number of aromatic nitrogens is 2. The minimum atomic E-state index is -0.0652. The first-order valence-electron chi connectivity index (χ1n) is 29.2. The molecule has 0 aliphatic heterocycles. The zero-order chi connectivity index (χ0) is 57.2. The summed E-state index contributed by atoms with van der Waals surface area (Å²) in [6, 6.07) is 70.7. The Morgan fingerprint density at radius 3 is 0.787 bits per heavy atom. The van der Waals surface area contributed by atoms with Crippen LogP contribution in [0, 0.1) is 0 Å². The van der Waals surface area contributed by atoms with Gasteiger partial charge in [-0.15, -0.1) is 0 Å². The van der Waals surface area contributed by atoms with Gasteiger partial charge in [-0.2, -0.15) is 0 Å². The molecule has 2 heteroatoms. The quantitative estimate of drug-likeness (QED) is 0.157. The van der Waals surface area contributed by atoms with E-state index in [9.17, 15) is 0 Å². The molecule has 0 saturated carbocycles. The fourth-order valence-electron chi connectivity index (χ4n) is 11.9. The van der Waals surface area contributed by atoms with E-state index in [4.69, 9.17) is 0 Å². The summed E-state index contributed by atoms with van der Waals surface area (Å²) in [5.41, 5.74) is 24.8. The Balaban J connectivity index is 1.18. The van der Waals surface area contributed by atoms with Crippen molar-refractivity contribution in [3.05, 3.63) is 215 Å². The standard InChI is InChI=1S/C78H84N2/c1-73(2,3)53-31-37-71-67(45-53)61-23-19-21-25-69(61)79(71)59-33-27-49(28-34-59)63-47-66(52-41-57(77(13,14)15)44-58(42-52)78(16,17)18)64(48-65(63)51-39-55(75(7,8)9)43-56(40-51)76(10,11)12)50-29-35-60(36-30-50)80-70-26-22-20-24-62(70)68-46-54(74(4,5)6)32-38-72(68)80/h19-48H,1-18H3. The van der Waals surface area contributed by atoms with Crippen molar-refractivity contribution in [2.45, 2.75) is 157 Å². The number of para-hydroxylation sites is 2. The Morgan fingerprint density at radius 1 is 0.212 bits per heavy atom. The molecule has 9 aromatic carbocycles. The highest BCUT2D eigenvalue weighted by Crippen LogP contribution is 2.47. The van der Waals surface area contributed by atoms with Gasteiger partial charge < -0.3 is 9.13 Å². The van der Waals surface area contributed by atoms with Gasteiger partial charge in [-0.3, -0.25) is 0 Å². The van der Waals surface area contributed by atoms with Crippen molar-refractivity contribution < 1.29 is 0 Å². The third kappa shape index (κ3) is 10.0. The van der Waals surface area contributed by atoms with E-state index in [1.165, 1.54) is 122 Å². The second kappa shape index (κ2) is 19.1. The first-order valence-corrected chi connectivity index (χ1v) is 29.2. The molecule has 0 amide bonds. The summed E-state index contributed by atoms with van der Waals surface area (Å²) in [5.74, 6) is 0.